The average molecular weight is 282 g/mol. The molecule has 0 radical (unpaired) electrons. The largest absolute Gasteiger partial charge is 0.417 e. The van der Waals surface area contributed by atoms with Gasteiger partial charge in [-0.05, 0) is 12.1 Å². The SMILES string of the molecule is FC(F)(F)c1cccc(C(F)(F)F)c1C(F)(F)F. The van der Waals surface area contributed by atoms with Crippen molar-refractivity contribution in [2.45, 2.75) is 18.5 Å². The van der Waals surface area contributed by atoms with E-state index in [4.69, 9.17) is 0 Å². The molecule has 1 rings (SSSR count). The molecule has 9 heteroatoms. The van der Waals surface area contributed by atoms with Crippen LogP contribution in [0, 0.1) is 0 Å². The van der Waals surface area contributed by atoms with E-state index in [1.165, 1.54) is 0 Å². The van der Waals surface area contributed by atoms with Gasteiger partial charge in [0.1, 0.15) is 0 Å². The first-order valence-corrected chi connectivity index (χ1v) is 4.19. The van der Waals surface area contributed by atoms with Crippen LogP contribution >= 0.6 is 0 Å². The van der Waals surface area contributed by atoms with Gasteiger partial charge in [-0.3, -0.25) is 0 Å². The molecule has 18 heavy (non-hydrogen) atoms. The van der Waals surface area contributed by atoms with Crippen LogP contribution in [0.1, 0.15) is 16.7 Å². The molecule has 0 aliphatic rings. The summed E-state index contributed by atoms with van der Waals surface area (Å²) in [6, 6.07) is 0.191. The monoisotopic (exact) mass is 282 g/mol. The maximum atomic E-state index is 12.4. The minimum atomic E-state index is -5.75. The van der Waals surface area contributed by atoms with Crippen molar-refractivity contribution in [1.82, 2.24) is 0 Å². The molecule has 0 heterocycles. The molecule has 0 saturated carbocycles. The van der Waals surface area contributed by atoms with Crippen LogP contribution in [0.3, 0.4) is 0 Å². The lowest BCUT2D eigenvalue weighted by Gasteiger charge is -2.20. The summed E-state index contributed by atoms with van der Waals surface area (Å²) in [5, 5.41) is 0. The summed E-state index contributed by atoms with van der Waals surface area (Å²) in [5.74, 6) is 0. The van der Waals surface area contributed by atoms with E-state index in [0.29, 0.717) is 0 Å². The summed E-state index contributed by atoms with van der Waals surface area (Å²) in [4.78, 5) is 0. The third-order valence-electron chi connectivity index (χ3n) is 1.96. The Bertz CT molecular complexity index is 403. The van der Waals surface area contributed by atoms with Crippen molar-refractivity contribution in [2.75, 3.05) is 0 Å². The zero-order chi connectivity index (χ0) is 14.4. The van der Waals surface area contributed by atoms with E-state index in [2.05, 4.69) is 0 Å². The van der Waals surface area contributed by atoms with E-state index in [1.807, 2.05) is 0 Å². The first kappa shape index (κ1) is 14.7. The van der Waals surface area contributed by atoms with Crippen molar-refractivity contribution >= 4 is 0 Å². The molecule has 0 amide bonds. The van der Waals surface area contributed by atoms with Crippen molar-refractivity contribution in [3.63, 3.8) is 0 Å². The molecule has 0 saturated heterocycles. The normalized spacial score (nSPS) is 13.8. The van der Waals surface area contributed by atoms with Gasteiger partial charge < -0.3 is 0 Å². The zero-order valence-corrected chi connectivity index (χ0v) is 8.13. The van der Waals surface area contributed by atoms with Gasteiger partial charge in [0, 0.05) is 0 Å². The molecule has 0 nitrogen and oxygen atoms in total. The van der Waals surface area contributed by atoms with Crippen molar-refractivity contribution in [3.05, 3.63) is 34.9 Å². The van der Waals surface area contributed by atoms with Gasteiger partial charge in [0.25, 0.3) is 0 Å². The number of benzene rings is 1. The Morgan fingerprint density at radius 1 is 0.556 bits per heavy atom. The van der Waals surface area contributed by atoms with E-state index in [-0.39, 0.29) is 18.2 Å². The Morgan fingerprint density at radius 3 is 1.11 bits per heavy atom. The van der Waals surface area contributed by atoms with Gasteiger partial charge >= 0.3 is 18.5 Å². The van der Waals surface area contributed by atoms with E-state index in [1.54, 1.807) is 0 Å². The van der Waals surface area contributed by atoms with Gasteiger partial charge in [0.15, 0.2) is 0 Å². The molecule has 1 aromatic rings. The second kappa shape index (κ2) is 4.06. The fraction of sp³-hybridized carbons (Fsp3) is 0.333. The van der Waals surface area contributed by atoms with Crippen molar-refractivity contribution in [3.8, 4) is 0 Å². The van der Waals surface area contributed by atoms with Gasteiger partial charge in [0.05, 0.1) is 16.7 Å². The second-order valence-corrected chi connectivity index (χ2v) is 3.22. The quantitative estimate of drug-likeness (QED) is 0.603. The minimum Gasteiger partial charge on any atom is -0.166 e. The van der Waals surface area contributed by atoms with Crippen LogP contribution in [-0.4, -0.2) is 0 Å². The van der Waals surface area contributed by atoms with E-state index in [0.717, 1.165) is 0 Å². The van der Waals surface area contributed by atoms with Crippen LogP contribution < -0.4 is 0 Å². The van der Waals surface area contributed by atoms with Crippen LogP contribution in [0.2, 0.25) is 0 Å². The molecule has 0 bridgehead atoms. The van der Waals surface area contributed by atoms with Gasteiger partial charge in [0.2, 0.25) is 0 Å². The fourth-order valence-corrected chi connectivity index (χ4v) is 1.33. The summed E-state index contributed by atoms with van der Waals surface area (Å²) in [6.07, 6.45) is -16.8. The Balaban J connectivity index is 3.68. The standard InChI is InChI=1S/C9H3F9/c10-7(11,12)4-2-1-3-5(8(13,14)15)6(4)9(16,17)18/h1-3H. The Labute approximate surface area is 94.0 Å². The predicted molar refractivity (Wildman–Crippen MR) is 41.4 cm³/mol. The third-order valence-corrected chi connectivity index (χ3v) is 1.96. The van der Waals surface area contributed by atoms with Crippen molar-refractivity contribution < 1.29 is 39.5 Å². The highest BCUT2D eigenvalue weighted by molar-refractivity contribution is 5.41. The first-order valence-electron chi connectivity index (χ1n) is 4.19. The van der Waals surface area contributed by atoms with E-state index in [9.17, 15) is 39.5 Å². The summed E-state index contributed by atoms with van der Waals surface area (Å²) >= 11 is 0. The first-order chi connectivity index (χ1) is 7.85. The van der Waals surface area contributed by atoms with Crippen molar-refractivity contribution in [2.24, 2.45) is 0 Å². The van der Waals surface area contributed by atoms with Crippen LogP contribution in [-0.2, 0) is 18.5 Å². The lowest BCUT2D eigenvalue weighted by molar-refractivity contribution is -0.174. The highest BCUT2D eigenvalue weighted by Gasteiger charge is 2.49. The number of hydrogen-bond acceptors (Lipinski definition) is 0. The molecule has 0 N–H and O–H groups in total. The molecule has 0 atom stereocenters. The van der Waals surface area contributed by atoms with Gasteiger partial charge in [-0.25, -0.2) is 0 Å². The Kier molecular flexibility index (Phi) is 3.30. The third kappa shape index (κ3) is 2.88. The lowest BCUT2D eigenvalue weighted by Crippen LogP contribution is -2.22. The molecule has 1 aromatic carbocycles. The fourth-order valence-electron chi connectivity index (χ4n) is 1.33. The molecule has 0 aliphatic carbocycles. The Hall–Kier alpha value is -1.41. The number of alkyl halides is 9. The predicted octanol–water partition coefficient (Wildman–Crippen LogP) is 4.74. The topological polar surface area (TPSA) is 0 Å². The second-order valence-electron chi connectivity index (χ2n) is 3.22. The molecule has 0 fully saturated rings. The highest BCUT2D eigenvalue weighted by atomic mass is 19.4. The summed E-state index contributed by atoms with van der Waals surface area (Å²) in [7, 11) is 0. The van der Waals surface area contributed by atoms with Crippen LogP contribution in [0.4, 0.5) is 39.5 Å². The van der Waals surface area contributed by atoms with Crippen molar-refractivity contribution in [1.29, 1.82) is 0 Å². The maximum Gasteiger partial charge on any atom is 0.417 e. The molecular formula is C9H3F9. The lowest BCUT2D eigenvalue weighted by atomic mass is 9.99. The Morgan fingerprint density at radius 2 is 0.889 bits per heavy atom. The number of rotatable bonds is 0. The molecule has 0 spiro atoms. The highest BCUT2D eigenvalue weighted by Crippen LogP contribution is 2.46. The van der Waals surface area contributed by atoms with Crippen LogP contribution in [0.25, 0.3) is 0 Å². The molecule has 0 aliphatic heterocycles. The van der Waals surface area contributed by atoms with Crippen LogP contribution in [0.15, 0.2) is 18.2 Å². The summed E-state index contributed by atoms with van der Waals surface area (Å²) < 4.78 is 111. The van der Waals surface area contributed by atoms with E-state index < -0.39 is 35.2 Å². The van der Waals surface area contributed by atoms with E-state index >= 15 is 0 Å². The van der Waals surface area contributed by atoms with Crippen LogP contribution in [0.5, 0.6) is 0 Å². The molecule has 0 aromatic heterocycles. The van der Waals surface area contributed by atoms with Gasteiger partial charge in [-0.15, -0.1) is 0 Å². The van der Waals surface area contributed by atoms with Gasteiger partial charge in [-0.2, -0.15) is 39.5 Å². The zero-order valence-electron chi connectivity index (χ0n) is 8.13. The number of halogens is 9. The van der Waals surface area contributed by atoms with Gasteiger partial charge in [-0.1, -0.05) is 6.07 Å². The summed E-state index contributed by atoms with van der Waals surface area (Å²) in [6.45, 7) is 0. The smallest absolute Gasteiger partial charge is 0.166 e. The minimum absolute atomic E-state index is 0.0436. The average Bonchev–Trinajstić information content (AvgIpc) is 2.12. The molecule has 0 unspecified atom stereocenters. The number of hydrogen-bond donors (Lipinski definition) is 0. The maximum absolute atomic E-state index is 12.4. The molecule has 102 valence electrons. The molecular weight excluding hydrogens is 279 g/mol. The summed E-state index contributed by atoms with van der Waals surface area (Å²) in [5.41, 5.74) is -7.43.